The normalized spacial score (nSPS) is 10.2. The molecule has 2 aromatic carbocycles. The third kappa shape index (κ3) is 3.23. The van der Waals surface area contributed by atoms with Gasteiger partial charge >= 0.3 is 0 Å². The molecule has 2 aromatic rings. The zero-order chi connectivity index (χ0) is 12.1. The fourth-order valence-electron chi connectivity index (χ4n) is 1.58. The lowest BCUT2D eigenvalue weighted by atomic mass is 10.2. The number of rotatable bonds is 4. The first kappa shape index (κ1) is 11.5. The van der Waals surface area contributed by atoms with E-state index in [4.69, 9.17) is 10.5 Å². The Morgan fingerprint density at radius 3 is 2.53 bits per heavy atom. The van der Waals surface area contributed by atoms with Crippen molar-refractivity contribution in [2.75, 3.05) is 0 Å². The number of benzene rings is 2. The predicted molar refractivity (Wildman–Crippen MR) is 66.8 cm³/mol. The van der Waals surface area contributed by atoms with Gasteiger partial charge in [0.2, 0.25) is 0 Å². The molecular weight excluding hydrogens is 214 g/mol. The van der Waals surface area contributed by atoms with Gasteiger partial charge in [0.15, 0.2) is 0 Å². The number of ether oxygens (including phenoxy) is 1. The molecule has 0 bridgehead atoms. The lowest BCUT2D eigenvalue weighted by molar-refractivity contribution is 0.305. The second kappa shape index (κ2) is 5.37. The Kier molecular flexibility index (Phi) is 3.62. The van der Waals surface area contributed by atoms with Gasteiger partial charge in [-0.3, -0.25) is 0 Å². The quantitative estimate of drug-likeness (QED) is 0.846. The summed E-state index contributed by atoms with van der Waals surface area (Å²) in [5, 5.41) is 9.32. The molecule has 0 aliphatic rings. The molecule has 17 heavy (non-hydrogen) atoms. The first-order chi connectivity index (χ1) is 8.28. The van der Waals surface area contributed by atoms with E-state index >= 15 is 0 Å². The molecule has 3 heteroatoms. The smallest absolute Gasteiger partial charge is 0.120 e. The second-order valence-electron chi connectivity index (χ2n) is 3.81. The fraction of sp³-hybridized carbons (Fsp3) is 0.143. The van der Waals surface area contributed by atoms with Crippen molar-refractivity contribution in [1.29, 1.82) is 0 Å². The first-order valence-corrected chi connectivity index (χ1v) is 5.47. The number of hydrogen-bond donors (Lipinski definition) is 2. The molecule has 0 saturated carbocycles. The van der Waals surface area contributed by atoms with Gasteiger partial charge < -0.3 is 15.6 Å². The van der Waals surface area contributed by atoms with E-state index in [1.807, 2.05) is 30.3 Å². The van der Waals surface area contributed by atoms with E-state index in [0.717, 1.165) is 16.9 Å². The summed E-state index contributed by atoms with van der Waals surface area (Å²) in [6.45, 7) is 0.936. The van der Waals surface area contributed by atoms with Crippen molar-refractivity contribution in [3.8, 4) is 11.5 Å². The molecule has 3 nitrogen and oxygen atoms in total. The standard InChI is InChI=1S/C14H15NO2/c15-9-11-3-2-6-14(8-11)17-10-12-4-1-5-13(16)7-12/h1-8,16H,9-10,15H2. The van der Waals surface area contributed by atoms with Crippen LogP contribution in [0.2, 0.25) is 0 Å². The highest BCUT2D eigenvalue weighted by Crippen LogP contribution is 2.16. The summed E-state index contributed by atoms with van der Waals surface area (Å²) in [4.78, 5) is 0. The second-order valence-corrected chi connectivity index (χ2v) is 3.81. The van der Waals surface area contributed by atoms with Gasteiger partial charge in [-0.15, -0.1) is 0 Å². The van der Waals surface area contributed by atoms with Gasteiger partial charge in [0, 0.05) is 6.54 Å². The maximum absolute atomic E-state index is 9.32. The third-order valence-corrected chi connectivity index (χ3v) is 2.45. The summed E-state index contributed by atoms with van der Waals surface area (Å²) in [5.41, 5.74) is 7.53. The van der Waals surface area contributed by atoms with Crippen LogP contribution in [0, 0.1) is 0 Å². The van der Waals surface area contributed by atoms with Gasteiger partial charge in [-0.2, -0.15) is 0 Å². The van der Waals surface area contributed by atoms with Crippen LogP contribution in [-0.4, -0.2) is 5.11 Å². The molecule has 88 valence electrons. The topological polar surface area (TPSA) is 55.5 Å². The highest BCUT2D eigenvalue weighted by molar-refractivity contribution is 5.30. The molecule has 0 aromatic heterocycles. The molecule has 0 aliphatic carbocycles. The van der Waals surface area contributed by atoms with E-state index in [1.165, 1.54) is 0 Å². The van der Waals surface area contributed by atoms with E-state index in [2.05, 4.69) is 0 Å². The van der Waals surface area contributed by atoms with Crippen LogP contribution in [0.1, 0.15) is 11.1 Å². The molecule has 0 saturated heterocycles. The summed E-state index contributed by atoms with van der Waals surface area (Å²) in [5.74, 6) is 1.04. The van der Waals surface area contributed by atoms with Gasteiger partial charge in [-0.25, -0.2) is 0 Å². The molecule has 0 unspecified atom stereocenters. The fourth-order valence-corrected chi connectivity index (χ4v) is 1.58. The molecule has 0 atom stereocenters. The summed E-state index contributed by atoms with van der Waals surface area (Å²) < 4.78 is 5.62. The van der Waals surface area contributed by atoms with Crippen LogP contribution in [0.4, 0.5) is 0 Å². The maximum Gasteiger partial charge on any atom is 0.120 e. The van der Waals surface area contributed by atoms with E-state index in [9.17, 15) is 5.11 Å². The first-order valence-electron chi connectivity index (χ1n) is 5.47. The van der Waals surface area contributed by atoms with Gasteiger partial charge in [0.25, 0.3) is 0 Å². The Morgan fingerprint density at radius 2 is 1.76 bits per heavy atom. The van der Waals surface area contributed by atoms with E-state index in [0.29, 0.717) is 13.2 Å². The average Bonchev–Trinajstić information content (AvgIpc) is 2.37. The predicted octanol–water partition coefficient (Wildman–Crippen LogP) is 2.43. The molecule has 0 heterocycles. The largest absolute Gasteiger partial charge is 0.508 e. The number of phenolic OH excluding ortho intramolecular Hbond substituents is 1. The molecule has 0 amide bonds. The number of aromatic hydroxyl groups is 1. The Balaban J connectivity index is 2.02. The van der Waals surface area contributed by atoms with Crippen LogP contribution in [0.3, 0.4) is 0 Å². The molecule has 3 N–H and O–H groups in total. The molecule has 0 fully saturated rings. The van der Waals surface area contributed by atoms with Crippen molar-refractivity contribution in [2.45, 2.75) is 13.2 Å². The van der Waals surface area contributed by atoms with Gasteiger partial charge in [-0.05, 0) is 35.4 Å². The van der Waals surface area contributed by atoms with Crippen LogP contribution in [0.5, 0.6) is 11.5 Å². The van der Waals surface area contributed by atoms with Crippen molar-refractivity contribution < 1.29 is 9.84 Å². The lowest BCUT2D eigenvalue weighted by Crippen LogP contribution is -1.98. The number of phenols is 1. The van der Waals surface area contributed by atoms with Crippen LogP contribution >= 0.6 is 0 Å². The van der Waals surface area contributed by atoms with Crippen molar-refractivity contribution in [3.05, 3.63) is 59.7 Å². The summed E-state index contributed by atoms with van der Waals surface area (Å²) in [6, 6.07) is 14.7. The minimum Gasteiger partial charge on any atom is -0.508 e. The van der Waals surface area contributed by atoms with Crippen molar-refractivity contribution in [3.63, 3.8) is 0 Å². The van der Waals surface area contributed by atoms with Gasteiger partial charge in [0.05, 0.1) is 0 Å². The SMILES string of the molecule is NCc1cccc(OCc2cccc(O)c2)c1. The Hall–Kier alpha value is -2.00. The highest BCUT2D eigenvalue weighted by atomic mass is 16.5. The zero-order valence-corrected chi connectivity index (χ0v) is 9.47. The zero-order valence-electron chi connectivity index (χ0n) is 9.47. The lowest BCUT2D eigenvalue weighted by Gasteiger charge is -2.07. The summed E-state index contributed by atoms with van der Waals surface area (Å²) >= 11 is 0. The Bertz CT molecular complexity index is 497. The van der Waals surface area contributed by atoms with E-state index < -0.39 is 0 Å². The van der Waals surface area contributed by atoms with Crippen molar-refractivity contribution in [2.24, 2.45) is 5.73 Å². The van der Waals surface area contributed by atoms with E-state index in [1.54, 1.807) is 18.2 Å². The van der Waals surface area contributed by atoms with Gasteiger partial charge in [-0.1, -0.05) is 24.3 Å². The summed E-state index contributed by atoms with van der Waals surface area (Å²) in [6.07, 6.45) is 0. The van der Waals surface area contributed by atoms with Crippen molar-refractivity contribution >= 4 is 0 Å². The Labute approximate surface area is 100 Å². The van der Waals surface area contributed by atoms with Crippen LogP contribution in [0.25, 0.3) is 0 Å². The van der Waals surface area contributed by atoms with Crippen LogP contribution in [-0.2, 0) is 13.2 Å². The van der Waals surface area contributed by atoms with Crippen LogP contribution in [0.15, 0.2) is 48.5 Å². The van der Waals surface area contributed by atoms with E-state index in [-0.39, 0.29) is 5.75 Å². The third-order valence-electron chi connectivity index (χ3n) is 2.45. The van der Waals surface area contributed by atoms with Crippen LogP contribution < -0.4 is 10.5 Å². The number of hydrogen-bond acceptors (Lipinski definition) is 3. The van der Waals surface area contributed by atoms with Gasteiger partial charge in [0.1, 0.15) is 18.1 Å². The molecular formula is C14H15NO2. The highest BCUT2D eigenvalue weighted by Gasteiger charge is 1.98. The molecule has 2 rings (SSSR count). The molecule has 0 radical (unpaired) electrons. The number of nitrogens with two attached hydrogens (primary N) is 1. The minimum atomic E-state index is 0.252. The monoisotopic (exact) mass is 229 g/mol. The molecule has 0 spiro atoms. The average molecular weight is 229 g/mol. The molecule has 0 aliphatic heterocycles. The summed E-state index contributed by atoms with van der Waals surface area (Å²) in [7, 11) is 0. The maximum atomic E-state index is 9.32. The Morgan fingerprint density at radius 1 is 1.00 bits per heavy atom. The minimum absolute atomic E-state index is 0.252. The van der Waals surface area contributed by atoms with Crippen molar-refractivity contribution in [1.82, 2.24) is 0 Å².